The number of aliphatic hydroxyl groups excluding tert-OH is 4. The SMILES string of the molecule is C=C/C=C\[C@H](C)C(OC(N)=O)[C@@H](C)[C@H](O)[C@@H](C)C/C(C)=C\[C@H](C)[C@@H](O)[C@@H](C)/C=C\[C@@H](O)C[C@@H]1OC(=O)[C@H](C)[C@@H](O)[C@H]1C. The molecular formula is C33H55NO8. The number of hydrogen-bond donors (Lipinski definition) is 5. The van der Waals surface area contributed by atoms with Gasteiger partial charge in [-0.2, -0.15) is 0 Å². The molecule has 0 aromatic carbocycles. The second-order valence-electron chi connectivity index (χ2n) is 12.4. The molecule has 0 bridgehead atoms. The molecule has 0 spiro atoms. The smallest absolute Gasteiger partial charge is 0.404 e. The summed E-state index contributed by atoms with van der Waals surface area (Å²) in [6.45, 7) is 18.5. The minimum Gasteiger partial charge on any atom is -0.462 e. The first kappa shape index (κ1) is 37.6. The van der Waals surface area contributed by atoms with Crippen LogP contribution in [-0.2, 0) is 14.3 Å². The lowest BCUT2D eigenvalue weighted by Crippen LogP contribution is -2.47. The van der Waals surface area contributed by atoms with Crippen LogP contribution in [0.3, 0.4) is 0 Å². The number of ether oxygens (including phenoxy) is 2. The summed E-state index contributed by atoms with van der Waals surface area (Å²) in [5.74, 6) is -2.52. The number of cyclic esters (lactones) is 1. The van der Waals surface area contributed by atoms with Gasteiger partial charge in [-0.05, 0) is 26.2 Å². The maximum Gasteiger partial charge on any atom is 0.404 e. The van der Waals surface area contributed by atoms with E-state index in [-0.39, 0.29) is 41.9 Å². The maximum absolute atomic E-state index is 12.0. The molecule has 0 saturated carbocycles. The molecule has 1 aliphatic rings. The number of primary amides is 1. The van der Waals surface area contributed by atoms with E-state index in [0.29, 0.717) is 6.42 Å². The summed E-state index contributed by atoms with van der Waals surface area (Å²) in [6, 6.07) is 0. The normalized spacial score (nSPS) is 28.3. The molecule has 1 aliphatic heterocycles. The van der Waals surface area contributed by atoms with Crippen molar-refractivity contribution in [1.82, 2.24) is 0 Å². The van der Waals surface area contributed by atoms with E-state index in [1.54, 1.807) is 38.2 Å². The lowest BCUT2D eigenvalue weighted by molar-refractivity contribution is -0.179. The van der Waals surface area contributed by atoms with Crippen molar-refractivity contribution in [2.75, 3.05) is 0 Å². The van der Waals surface area contributed by atoms with Crippen molar-refractivity contribution < 1.29 is 39.5 Å². The van der Waals surface area contributed by atoms with E-state index in [1.807, 2.05) is 53.7 Å². The number of carbonyl (C=O) groups excluding carboxylic acids is 2. The van der Waals surface area contributed by atoms with Gasteiger partial charge in [0.25, 0.3) is 0 Å². The predicted octanol–water partition coefficient (Wildman–Crippen LogP) is 4.30. The van der Waals surface area contributed by atoms with Crippen LogP contribution >= 0.6 is 0 Å². The topological polar surface area (TPSA) is 160 Å². The Balaban J connectivity index is 2.76. The fraction of sp³-hybridized carbons (Fsp3) is 0.697. The zero-order chi connectivity index (χ0) is 32.3. The Morgan fingerprint density at radius 3 is 2.21 bits per heavy atom. The molecule has 13 atom stereocenters. The first-order chi connectivity index (χ1) is 19.5. The first-order valence-electron chi connectivity index (χ1n) is 15.0. The first-order valence-corrected chi connectivity index (χ1v) is 15.0. The molecule has 9 nitrogen and oxygen atoms in total. The Morgan fingerprint density at radius 2 is 1.64 bits per heavy atom. The van der Waals surface area contributed by atoms with E-state index in [1.165, 1.54) is 0 Å². The fourth-order valence-electron chi connectivity index (χ4n) is 5.80. The molecule has 1 saturated heterocycles. The Morgan fingerprint density at radius 1 is 1.02 bits per heavy atom. The number of aliphatic hydroxyl groups is 4. The van der Waals surface area contributed by atoms with Gasteiger partial charge in [0.05, 0.1) is 30.3 Å². The van der Waals surface area contributed by atoms with Crippen molar-refractivity contribution in [2.45, 2.75) is 105 Å². The summed E-state index contributed by atoms with van der Waals surface area (Å²) in [5.41, 5.74) is 6.30. The van der Waals surface area contributed by atoms with Crippen molar-refractivity contribution in [2.24, 2.45) is 47.2 Å². The average Bonchev–Trinajstić information content (AvgIpc) is 2.93. The third kappa shape index (κ3) is 11.3. The third-order valence-corrected chi connectivity index (χ3v) is 8.62. The Labute approximate surface area is 252 Å². The van der Waals surface area contributed by atoms with E-state index in [0.717, 1.165) is 5.57 Å². The number of amides is 1. The summed E-state index contributed by atoms with van der Waals surface area (Å²) >= 11 is 0. The van der Waals surface area contributed by atoms with Crippen LogP contribution in [0.25, 0.3) is 0 Å². The van der Waals surface area contributed by atoms with E-state index in [4.69, 9.17) is 15.2 Å². The fourth-order valence-corrected chi connectivity index (χ4v) is 5.80. The zero-order valence-electron chi connectivity index (χ0n) is 26.6. The van der Waals surface area contributed by atoms with Crippen molar-refractivity contribution in [3.63, 3.8) is 0 Å². The number of nitrogens with two attached hydrogens (primary N) is 1. The minimum absolute atomic E-state index is 0.152. The summed E-state index contributed by atoms with van der Waals surface area (Å²) in [4.78, 5) is 23.5. The van der Waals surface area contributed by atoms with E-state index >= 15 is 0 Å². The summed E-state index contributed by atoms with van der Waals surface area (Å²) in [5, 5.41) is 42.8. The van der Waals surface area contributed by atoms with Gasteiger partial charge in [0.1, 0.15) is 12.2 Å². The van der Waals surface area contributed by atoms with Gasteiger partial charge in [0, 0.05) is 36.0 Å². The lowest BCUT2D eigenvalue weighted by atomic mass is 9.81. The average molecular weight is 594 g/mol. The van der Waals surface area contributed by atoms with Crippen LogP contribution in [-0.4, -0.2) is 69.1 Å². The second-order valence-corrected chi connectivity index (χ2v) is 12.4. The minimum atomic E-state index is -0.894. The number of carbonyl (C=O) groups is 2. The van der Waals surface area contributed by atoms with Gasteiger partial charge in [0.15, 0.2) is 0 Å². The van der Waals surface area contributed by atoms with Gasteiger partial charge in [-0.1, -0.05) is 90.2 Å². The molecule has 240 valence electrons. The van der Waals surface area contributed by atoms with Crippen LogP contribution in [0.15, 0.2) is 48.6 Å². The Bertz CT molecular complexity index is 962. The molecule has 1 fully saturated rings. The highest BCUT2D eigenvalue weighted by Gasteiger charge is 2.41. The molecule has 0 aromatic heterocycles. The van der Waals surface area contributed by atoms with E-state index in [9.17, 15) is 30.0 Å². The van der Waals surface area contributed by atoms with Crippen molar-refractivity contribution in [1.29, 1.82) is 0 Å². The highest BCUT2D eigenvalue weighted by molar-refractivity contribution is 5.73. The van der Waals surface area contributed by atoms with Gasteiger partial charge >= 0.3 is 12.1 Å². The molecule has 42 heavy (non-hydrogen) atoms. The quantitative estimate of drug-likeness (QED) is 0.101. The van der Waals surface area contributed by atoms with Gasteiger partial charge < -0.3 is 35.6 Å². The maximum atomic E-state index is 12.0. The number of hydrogen-bond acceptors (Lipinski definition) is 8. The standard InChI is InChI=1S/C33H55NO8/c1-10-11-12-20(4)31(42-33(34)40)24(8)29(37)22(6)16-18(2)15-21(5)28(36)19(3)13-14-26(35)17-27-23(7)30(38)25(9)32(39)41-27/h10-15,19-31,35-38H,1,16-17H2,2-9H3,(H2,34,40)/b12-11-,14-13-,18-15-/t19-,20-,21-,22-,23-,24-,25+,26+,27-,28-,29+,30-,31?/m0/s1. The van der Waals surface area contributed by atoms with Crippen LogP contribution in [0.1, 0.15) is 68.2 Å². The van der Waals surface area contributed by atoms with Gasteiger partial charge in [0.2, 0.25) is 0 Å². The Kier molecular flexibility index (Phi) is 15.7. The van der Waals surface area contributed by atoms with Crippen molar-refractivity contribution in [3.8, 4) is 0 Å². The molecule has 0 aromatic rings. The van der Waals surface area contributed by atoms with Crippen LogP contribution in [0, 0.1) is 41.4 Å². The van der Waals surface area contributed by atoms with Gasteiger partial charge in [-0.15, -0.1) is 0 Å². The molecule has 1 rings (SSSR count). The highest BCUT2D eigenvalue weighted by atomic mass is 16.6. The second kappa shape index (κ2) is 17.6. The predicted molar refractivity (Wildman–Crippen MR) is 164 cm³/mol. The third-order valence-electron chi connectivity index (χ3n) is 8.62. The molecule has 9 heteroatoms. The summed E-state index contributed by atoms with van der Waals surface area (Å²) < 4.78 is 10.8. The summed E-state index contributed by atoms with van der Waals surface area (Å²) in [6.07, 6.45) is 6.04. The summed E-state index contributed by atoms with van der Waals surface area (Å²) in [7, 11) is 0. The molecule has 1 heterocycles. The monoisotopic (exact) mass is 593 g/mol. The number of allylic oxidation sites excluding steroid dienone is 3. The lowest BCUT2D eigenvalue weighted by Gasteiger charge is -2.36. The molecule has 1 amide bonds. The van der Waals surface area contributed by atoms with E-state index < -0.39 is 54.6 Å². The van der Waals surface area contributed by atoms with Crippen molar-refractivity contribution in [3.05, 3.63) is 48.6 Å². The van der Waals surface area contributed by atoms with Crippen LogP contribution in [0.4, 0.5) is 4.79 Å². The molecule has 0 radical (unpaired) electrons. The number of rotatable bonds is 16. The molecule has 6 N–H and O–H groups in total. The van der Waals surface area contributed by atoms with Crippen molar-refractivity contribution >= 4 is 12.1 Å². The molecule has 0 aliphatic carbocycles. The zero-order valence-corrected chi connectivity index (χ0v) is 26.6. The van der Waals surface area contributed by atoms with Crippen LogP contribution < -0.4 is 5.73 Å². The van der Waals surface area contributed by atoms with Crippen LogP contribution in [0.5, 0.6) is 0 Å². The Hall–Kier alpha value is -2.46. The largest absolute Gasteiger partial charge is 0.462 e. The van der Waals surface area contributed by atoms with Gasteiger partial charge in [-0.25, -0.2) is 4.79 Å². The molecule has 1 unspecified atom stereocenters. The highest BCUT2D eigenvalue weighted by Crippen LogP contribution is 2.30. The molecular weight excluding hydrogens is 538 g/mol. The number of esters is 1. The van der Waals surface area contributed by atoms with E-state index in [2.05, 4.69) is 6.58 Å². The van der Waals surface area contributed by atoms with Gasteiger partial charge in [-0.3, -0.25) is 4.79 Å². The van der Waals surface area contributed by atoms with Crippen LogP contribution in [0.2, 0.25) is 0 Å².